The van der Waals surface area contributed by atoms with Crippen LogP contribution in [-0.2, 0) is 13.1 Å². The second-order valence-corrected chi connectivity index (χ2v) is 5.82. The summed E-state index contributed by atoms with van der Waals surface area (Å²) in [5.74, 6) is -0.916. The van der Waals surface area contributed by atoms with Crippen LogP contribution in [0.3, 0.4) is 0 Å². The summed E-state index contributed by atoms with van der Waals surface area (Å²) in [6, 6.07) is 14.4. The Kier molecular flexibility index (Phi) is 4.93. The van der Waals surface area contributed by atoms with Crippen LogP contribution in [0.4, 0.5) is 0 Å². The van der Waals surface area contributed by atoms with Crippen LogP contribution >= 0.6 is 11.6 Å². The van der Waals surface area contributed by atoms with Gasteiger partial charge in [0.15, 0.2) is 0 Å². The summed E-state index contributed by atoms with van der Waals surface area (Å²) in [7, 11) is 0. The van der Waals surface area contributed by atoms with E-state index in [1.807, 2.05) is 36.4 Å². The third kappa shape index (κ3) is 3.82. The monoisotopic (exact) mass is 341 g/mol. The van der Waals surface area contributed by atoms with Gasteiger partial charge < -0.3 is 10.4 Å². The van der Waals surface area contributed by atoms with Gasteiger partial charge in [-0.25, -0.2) is 4.79 Å². The molecule has 0 amide bonds. The van der Waals surface area contributed by atoms with Crippen molar-refractivity contribution < 1.29 is 9.90 Å². The molecule has 0 bridgehead atoms. The molecule has 0 fully saturated rings. The molecule has 0 radical (unpaired) electrons. The van der Waals surface area contributed by atoms with Crippen molar-refractivity contribution in [3.05, 3.63) is 76.4 Å². The number of H-pyrrole nitrogens is 1. The highest BCUT2D eigenvalue weighted by atomic mass is 35.5. The van der Waals surface area contributed by atoms with Crippen molar-refractivity contribution in [1.29, 1.82) is 0 Å². The predicted molar refractivity (Wildman–Crippen MR) is 93.0 cm³/mol. The van der Waals surface area contributed by atoms with Gasteiger partial charge in [-0.15, -0.1) is 0 Å². The number of aromatic nitrogens is 2. The number of nitrogens with one attached hydrogen (secondary N) is 2. The largest absolute Gasteiger partial charge is 0.478 e. The third-order valence-electron chi connectivity index (χ3n) is 3.70. The second kappa shape index (κ2) is 7.29. The maximum atomic E-state index is 10.8. The van der Waals surface area contributed by atoms with Gasteiger partial charge in [0.2, 0.25) is 0 Å². The van der Waals surface area contributed by atoms with Gasteiger partial charge >= 0.3 is 5.97 Å². The lowest BCUT2D eigenvalue weighted by Crippen LogP contribution is -2.13. The van der Waals surface area contributed by atoms with E-state index in [4.69, 9.17) is 16.7 Å². The predicted octanol–water partition coefficient (Wildman–Crippen LogP) is 3.72. The Morgan fingerprint density at radius 2 is 1.79 bits per heavy atom. The fourth-order valence-electron chi connectivity index (χ4n) is 2.42. The smallest absolute Gasteiger partial charge is 0.335 e. The number of halogens is 1. The average molecular weight is 342 g/mol. The Morgan fingerprint density at radius 3 is 2.46 bits per heavy atom. The van der Waals surface area contributed by atoms with Crippen molar-refractivity contribution in [3.8, 4) is 11.3 Å². The highest BCUT2D eigenvalue weighted by molar-refractivity contribution is 6.30. The molecule has 2 aromatic carbocycles. The van der Waals surface area contributed by atoms with E-state index in [2.05, 4.69) is 15.5 Å². The van der Waals surface area contributed by atoms with Gasteiger partial charge in [0.25, 0.3) is 0 Å². The SMILES string of the molecule is O=C(O)c1ccc(CNCc2cn[nH]c2-c2ccc(Cl)cc2)cc1. The van der Waals surface area contributed by atoms with Gasteiger partial charge in [-0.05, 0) is 35.4 Å². The van der Waals surface area contributed by atoms with Gasteiger partial charge in [-0.2, -0.15) is 5.10 Å². The summed E-state index contributed by atoms with van der Waals surface area (Å²) in [4.78, 5) is 10.8. The zero-order valence-corrected chi connectivity index (χ0v) is 13.5. The van der Waals surface area contributed by atoms with Crippen molar-refractivity contribution in [1.82, 2.24) is 15.5 Å². The van der Waals surface area contributed by atoms with Gasteiger partial charge in [-0.3, -0.25) is 5.10 Å². The van der Waals surface area contributed by atoms with Crippen LogP contribution in [0.5, 0.6) is 0 Å². The van der Waals surface area contributed by atoms with Crippen molar-refractivity contribution in [2.45, 2.75) is 13.1 Å². The lowest BCUT2D eigenvalue weighted by molar-refractivity contribution is 0.0697. The maximum absolute atomic E-state index is 10.8. The van der Waals surface area contributed by atoms with E-state index in [0.717, 1.165) is 22.4 Å². The quantitative estimate of drug-likeness (QED) is 0.638. The Balaban J connectivity index is 1.62. The number of aromatic amines is 1. The molecule has 1 heterocycles. The highest BCUT2D eigenvalue weighted by Crippen LogP contribution is 2.22. The van der Waals surface area contributed by atoms with Crippen LogP contribution in [0.15, 0.2) is 54.7 Å². The molecule has 122 valence electrons. The van der Waals surface area contributed by atoms with E-state index in [9.17, 15) is 4.79 Å². The molecule has 0 aliphatic rings. The summed E-state index contributed by atoms with van der Waals surface area (Å²) in [5.41, 5.74) is 4.36. The molecular formula is C18H16ClN3O2. The molecule has 3 N–H and O–H groups in total. The van der Waals surface area contributed by atoms with Gasteiger partial charge in [0.1, 0.15) is 0 Å². The molecule has 3 rings (SSSR count). The molecule has 6 heteroatoms. The lowest BCUT2D eigenvalue weighted by Gasteiger charge is -2.07. The van der Waals surface area contributed by atoms with Crippen LogP contribution < -0.4 is 5.32 Å². The lowest BCUT2D eigenvalue weighted by atomic mass is 10.1. The van der Waals surface area contributed by atoms with E-state index >= 15 is 0 Å². The fraction of sp³-hybridized carbons (Fsp3) is 0.111. The molecule has 1 aromatic heterocycles. The van der Waals surface area contributed by atoms with E-state index in [1.165, 1.54) is 0 Å². The first-order valence-electron chi connectivity index (χ1n) is 7.44. The number of hydrogen-bond acceptors (Lipinski definition) is 3. The second-order valence-electron chi connectivity index (χ2n) is 5.38. The molecule has 0 aliphatic heterocycles. The molecule has 0 atom stereocenters. The van der Waals surface area contributed by atoms with Crippen LogP contribution in [0, 0.1) is 0 Å². The summed E-state index contributed by atoms with van der Waals surface area (Å²) >= 11 is 5.92. The van der Waals surface area contributed by atoms with Crippen molar-refractivity contribution in [2.24, 2.45) is 0 Å². The molecule has 0 unspecified atom stereocenters. The van der Waals surface area contributed by atoms with Gasteiger partial charge in [0.05, 0.1) is 17.5 Å². The standard InChI is InChI=1S/C18H16ClN3O2/c19-16-7-5-13(6-8-16)17-15(11-21-22-17)10-20-9-12-1-3-14(4-2-12)18(23)24/h1-8,11,20H,9-10H2,(H,21,22)(H,23,24). The number of carboxylic acids is 1. The summed E-state index contributed by atoms with van der Waals surface area (Å²) < 4.78 is 0. The molecule has 0 saturated heterocycles. The minimum Gasteiger partial charge on any atom is -0.478 e. The average Bonchev–Trinajstić information content (AvgIpc) is 3.04. The molecule has 5 nitrogen and oxygen atoms in total. The molecule has 0 spiro atoms. The minimum absolute atomic E-state index is 0.290. The topological polar surface area (TPSA) is 78.0 Å². The Hall–Kier alpha value is -2.63. The number of rotatable bonds is 6. The number of carboxylic acid groups (broad SMARTS) is 1. The van der Waals surface area contributed by atoms with Crippen molar-refractivity contribution in [2.75, 3.05) is 0 Å². The normalized spacial score (nSPS) is 10.7. The van der Waals surface area contributed by atoms with Crippen LogP contribution in [0.25, 0.3) is 11.3 Å². The minimum atomic E-state index is -0.916. The number of aromatic carboxylic acids is 1. The van der Waals surface area contributed by atoms with Crippen LogP contribution in [-0.4, -0.2) is 21.3 Å². The third-order valence-corrected chi connectivity index (χ3v) is 3.95. The maximum Gasteiger partial charge on any atom is 0.335 e. The number of benzene rings is 2. The fourth-order valence-corrected chi connectivity index (χ4v) is 2.54. The van der Waals surface area contributed by atoms with Crippen LogP contribution in [0.1, 0.15) is 21.5 Å². The highest BCUT2D eigenvalue weighted by Gasteiger charge is 2.08. The molecular weight excluding hydrogens is 326 g/mol. The Bertz CT molecular complexity index is 826. The molecule has 0 saturated carbocycles. The molecule has 24 heavy (non-hydrogen) atoms. The van der Waals surface area contributed by atoms with Gasteiger partial charge in [-0.1, -0.05) is 35.9 Å². The van der Waals surface area contributed by atoms with E-state index in [1.54, 1.807) is 18.3 Å². The first-order valence-corrected chi connectivity index (χ1v) is 7.82. The summed E-state index contributed by atoms with van der Waals surface area (Å²) in [6.07, 6.45) is 1.80. The number of nitrogens with zero attached hydrogens (tertiary/aromatic N) is 1. The summed E-state index contributed by atoms with van der Waals surface area (Å²) in [5, 5.41) is 20.1. The Labute approximate surface area is 144 Å². The Morgan fingerprint density at radius 1 is 1.08 bits per heavy atom. The van der Waals surface area contributed by atoms with E-state index in [0.29, 0.717) is 23.7 Å². The molecule has 0 aliphatic carbocycles. The van der Waals surface area contributed by atoms with E-state index in [-0.39, 0.29) is 0 Å². The first-order chi connectivity index (χ1) is 11.6. The first kappa shape index (κ1) is 16.2. The van der Waals surface area contributed by atoms with Gasteiger partial charge in [0, 0.05) is 23.7 Å². The zero-order chi connectivity index (χ0) is 16.9. The van der Waals surface area contributed by atoms with Crippen LogP contribution in [0.2, 0.25) is 5.02 Å². The number of hydrogen-bond donors (Lipinski definition) is 3. The zero-order valence-electron chi connectivity index (χ0n) is 12.8. The van der Waals surface area contributed by atoms with Crippen molar-refractivity contribution in [3.63, 3.8) is 0 Å². The van der Waals surface area contributed by atoms with Crippen molar-refractivity contribution >= 4 is 17.6 Å². The van der Waals surface area contributed by atoms with E-state index < -0.39 is 5.97 Å². The molecule has 3 aromatic rings. The number of carbonyl (C=O) groups is 1. The summed E-state index contributed by atoms with van der Waals surface area (Å²) in [6.45, 7) is 1.29.